The first-order valence-corrected chi connectivity index (χ1v) is 5.64. The largest absolute Gasteiger partial charge is 0.574 e. The highest BCUT2D eigenvalue weighted by atomic mass is 79.9. The zero-order valence-electron chi connectivity index (χ0n) is 8.64. The van der Waals surface area contributed by atoms with Crippen LogP contribution in [-0.4, -0.2) is 16.5 Å². The molecule has 0 bridgehead atoms. The third kappa shape index (κ3) is 3.77. The van der Waals surface area contributed by atoms with Crippen molar-refractivity contribution in [1.82, 2.24) is 4.98 Å². The molecule has 0 unspecified atom stereocenters. The van der Waals surface area contributed by atoms with Crippen molar-refractivity contribution < 1.29 is 31.8 Å². The Morgan fingerprint density at radius 1 is 1.39 bits per heavy atom. The molecule has 0 saturated heterocycles. The van der Waals surface area contributed by atoms with E-state index in [1.165, 1.54) is 0 Å². The van der Waals surface area contributed by atoms with Gasteiger partial charge in [-0.05, 0) is 11.6 Å². The van der Waals surface area contributed by atoms with Gasteiger partial charge >= 0.3 is 6.36 Å². The molecule has 0 atom stereocenters. The molecule has 0 radical (unpaired) electrons. The molecule has 0 saturated carbocycles. The van der Waals surface area contributed by atoms with Crippen LogP contribution in [0.1, 0.15) is 23.2 Å². The van der Waals surface area contributed by atoms with Crippen molar-refractivity contribution in [2.24, 2.45) is 0 Å². The van der Waals surface area contributed by atoms with Crippen LogP contribution in [0.3, 0.4) is 0 Å². The third-order valence-electron chi connectivity index (χ3n) is 1.90. The maximum Gasteiger partial charge on any atom is 0.574 e. The van der Waals surface area contributed by atoms with E-state index in [0.29, 0.717) is 0 Å². The van der Waals surface area contributed by atoms with Crippen LogP contribution in [0, 0.1) is 0 Å². The molecule has 0 spiro atoms. The number of aromatic nitrogens is 1. The summed E-state index contributed by atoms with van der Waals surface area (Å²) >= 11 is 2.93. The molecule has 1 N–H and O–H groups in total. The predicted octanol–water partition coefficient (Wildman–Crippen LogP) is 3.31. The van der Waals surface area contributed by atoms with Crippen LogP contribution in [0.5, 0.6) is 5.88 Å². The normalized spacial score (nSPS) is 12.0. The molecule has 18 heavy (non-hydrogen) atoms. The first-order chi connectivity index (χ1) is 8.28. The molecule has 102 valence electrons. The van der Waals surface area contributed by atoms with Gasteiger partial charge in [0.15, 0.2) is 0 Å². The Morgan fingerprint density at radius 2 is 2.00 bits per heavy atom. The smallest absolute Gasteiger partial charge is 0.392 e. The summed E-state index contributed by atoms with van der Waals surface area (Å²) in [4.78, 5) is 3.33. The van der Waals surface area contributed by atoms with Crippen molar-refractivity contribution in [1.29, 1.82) is 0 Å². The summed E-state index contributed by atoms with van der Waals surface area (Å²) in [5, 5.41) is 8.94. The molecule has 0 aliphatic heterocycles. The summed E-state index contributed by atoms with van der Waals surface area (Å²) in [5.41, 5.74) is -1.36. The van der Waals surface area contributed by atoms with Gasteiger partial charge in [-0.25, -0.2) is 13.8 Å². The fraction of sp³-hybridized carbons (Fsp3) is 0.444. The van der Waals surface area contributed by atoms with Gasteiger partial charge in [-0.1, -0.05) is 15.9 Å². The Kier molecular flexibility index (Phi) is 4.85. The maximum absolute atomic E-state index is 12.7. The number of aliphatic hydroxyl groups is 1. The maximum atomic E-state index is 12.7. The molecule has 9 heteroatoms. The van der Waals surface area contributed by atoms with Crippen LogP contribution in [0.4, 0.5) is 22.0 Å². The van der Waals surface area contributed by atoms with Gasteiger partial charge in [-0.3, -0.25) is 0 Å². The standard InChI is InChI=1S/C9H7BrF5NO2/c10-2-5-1-4(3-17)6(7(11)12)8(16-5)18-9(13,14)15/h1,7,17H,2-3H2. The minimum absolute atomic E-state index is 0.0394. The lowest BCUT2D eigenvalue weighted by molar-refractivity contribution is -0.276. The van der Waals surface area contributed by atoms with Crippen LogP contribution >= 0.6 is 15.9 Å². The van der Waals surface area contributed by atoms with E-state index >= 15 is 0 Å². The minimum Gasteiger partial charge on any atom is -0.392 e. The van der Waals surface area contributed by atoms with Gasteiger partial charge in [-0.2, -0.15) is 0 Å². The van der Waals surface area contributed by atoms with E-state index in [1.54, 1.807) is 0 Å². The monoisotopic (exact) mass is 335 g/mol. The Hall–Kier alpha value is -0.960. The molecule has 0 amide bonds. The van der Waals surface area contributed by atoms with Gasteiger partial charge in [0.1, 0.15) is 0 Å². The van der Waals surface area contributed by atoms with Crippen molar-refractivity contribution in [2.45, 2.75) is 24.7 Å². The Balaban J connectivity index is 3.34. The van der Waals surface area contributed by atoms with E-state index in [1.807, 2.05) is 0 Å². The van der Waals surface area contributed by atoms with Gasteiger partial charge in [0.05, 0.1) is 17.9 Å². The molecular formula is C9H7BrF5NO2. The molecule has 0 fully saturated rings. The number of aliphatic hydroxyl groups excluding tert-OH is 1. The van der Waals surface area contributed by atoms with Crippen LogP contribution in [0.25, 0.3) is 0 Å². The van der Waals surface area contributed by atoms with Crippen molar-refractivity contribution in [2.75, 3.05) is 0 Å². The van der Waals surface area contributed by atoms with Crippen LogP contribution in [0.2, 0.25) is 0 Å². The Labute approximate surface area is 107 Å². The summed E-state index contributed by atoms with van der Waals surface area (Å²) in [5.74, 6) is -1.24. The summed E-state index contributed by atoms with van der Waals surface area (Å²) in [6.45, 7) is -0.837. The molecule has 0 aromatic carbocycles. The van der Waals surface area contributed by atoms with Crippen LogP contribution in [0.15, 0.2) is 6.07 Å². The fourth-order valence-electron chi connectivity index (χ4n) is 1.26. The van der Waals surface area contributed by atoms with Crippen molar-refractivity contribution in [3.05, 3.63) is 22.9 Å². The Bertz CT molecular complexity index is 424. The predicted molar refractivity (Wildman–Crippen MR) is 54.4 cm³/mol. The van der Waals surface area contributed by atoms with Crippen molar-refractivity contribution in [3.63, 3.8) is 0 Å². The zero-order valence-corrected chi connectivity index (χ0v) is 10.2. The average molecular weight is 336 g/mol. The highest BCUT2D eigenvalue weighted by Gasteiger charge is 2.35. The first kappa shape index (κ1) is 15.1. The lowest BCUT2D eigenvalue weighted by Crippen LogP contribution is -2.20. The highest BCUT2D eigenvalue weighted by molar-refractivity contribution is 9.08. The third-order valence-corrected chi connectivity index (χ3v) is 2.47. The number of nitrogens with zero attached hydrogens (tertiary/aromatic N) is 1. The molecule has 1 aromatic rings. The number of halogens is 6. The number of hydrogen-bond donors (Lipinski definition) is 1. The summed E-state index contributed by atoms with van der Waals surface area (Å²) in [6, 6.07) is 1.08. The quantitative estimate of drug-likeness (QED) is 0.678. The van der Waals surface area contributed by atoms with E-state index in [4.69, 9.17) is 5.11 Å². The van der Waals surface area contributed by atoms with Gasteiger partial charge in [0.25, 0.3) is 6.43 Å². The number of rotatable bonds is 4. The van der Waals surface area contributed by atoms with E-state index in [-0.39, 0.29) is 16.6 Å². The lowest BCUT2D eigenvalue weighted by Gasteiger charge is -2.15. The van der Waals surface area contributed by atoms with Crippen molar-refractivity contribution in [3.8, 4) is 5.88 Å². The number of hydrogen-bond acceptors (Lipinski definition) is 3. The number of pyridine rings is 1. The summed E-state index contributed by atoms with van der Waals surface area (Å²) < 4.78 is 65.0. The van der Waals surface area contributed by atoms with Gasteiger partial charge < -0.3 is 9.84 Å². The fourth-order valence-corrected chi connectivity index (χ4v) is 1.55. The molecule has 0 aliphatic carbocycles. The van der Waals surface area contributed by atoms with Crippen LogP contribution < -0.4 is 4.74 Å². The molecule has 1 heterocycles. The SMILES string of the molecule is OCc1cc(CBr)nc(OC(F)(F)F)c1C(F)F. The topological polar surface area (TPSA) is 42.4 Å². The van der Waals surface area contributed by atoms with Crippen LogP contribution in [-0.2, 0) is 11.9 Å². The molecule has 0 aliphatic rings. The van der Waals surface area contributed by atoms with Gasteiger partial charge in [0.2, 0.25) is 5.88 Å². The summed E-state index contributed by atoms with van der Waals surface area (Å²) in [7, 11) is 0. The Morgan fingerprint density at radius 3 is 2.39 bits per heavy atom. The molecule has 1 aromatic heterocycles. The second-order valence-corrected chi connectivity index (χ2v) is 3.69. The van der Waals surface area contributed by atoms with E-state index in [0.717, 1.165) is 6.07 Å². The van der Waals surface area contributed by atoms with E-state index < -0.39 is 30.8 Å². The molecular weight excluding hydrogens is 329 g/mol. The second-order valence-electron chi connectivity index (χ2n) is 3.13. The minimum atomic E-state index is -5.13. The molecule has 1 rings (SSSR count). The summed E-state index contributed by atoms with van der Waals surface area (Å²) in [6.07, 6.45) is -8.37. The number of alkyl halides is 6. The van der Waals surface area contributed by atoms with E-state index in [2.05, 4.69) is 25.7 Å². The zero-order chi connectivity index (χ0) is 13.9. The second kappa shape index (κ2) is 5.79. The van der Waals surface area contributed by atoms with E-state index in [9.17, 15) is 22.0 Å². The van der Waals surface area contributed by atoms with Crippen molar-refractivity contribution >= 4 is 15.9 Å². The van der Waals surface area contributed by atoms with Gasteiger partial charge in [-0.15, -0.1) is 13.2 Å². The number of ether oxygens (including phenoxy) is 1. The molecule has 3 nitrogen and oxygen atoms in total. The van der Waals surface area contributed by atoms with Gasteiger partial charge in [0, 0.05) is 5.33 Å². The highest BCUT2D eigenvalue weighted by Crippen LogP contribution is 2.34. The first-order valence-electron chi connectivity index (χ1n) is 4.52. The lowest BCUT2D eigenvalue weighted by atomic mass is 10.1. The average Bonchev–Trinajstić information content (AvgIpc) is 2.25.